The highest BCUT2D eigenvalue weighted by atomic mass is 16.5. The van der Waals surface area contributed by atoms with Crippen molar-refractivity contribution in [2.75, 3.05) is 13.2 Å². The Bertz CT molecular complexity index is 1270. The van der Waals surface area contributed by atoms with E-state index in [0.717, 1.165) is 53.5 Å². The van der Waals surface area contributed by atoms with E-state index in [1.165, 1.54) is 49.7 Å². The lowest BCUT2D eigenvalue weighted by molar-refractivity contribution is 0.247. The van der Waals surface area contributed by atoms with Crippen LogP contribution in [0.2, 0.25) is 0 Å². The van der Waals surface area contributed by atoms with Gasteiger partial charge in [0.25, 0.3) is 0 Å². The Morgan fingerprint density at radius 3 is 1.05 bits per heavy atom. The predicted molar refractivity (Wildman–Crippen MR) is 176 cm³/mol. The Balaban J connectivity index is 1.12. The maximum atomic E-state index is 5.86. The molecule has 0 amide bonds. The van der Waals surface area contributed by atoms with Crippen molar-refractivity contribution in [3.63, 3.8) is 0 Å². The van der Waals surface area contributed by atoms with Gasteiger partial charge in [-0.1, -0.05) is 63.8 Å². The maximum absolute atomic E-state index is 5.86. The Hall–Kier alpha value is -4.32. The van der Waals surface area contributed by atoms with Crippen molar-refractivity contribution in [1.82, 2.24) is 0 Å². The molecule has 0 saturated carbocycles. The Labute approximate surface area is 256 Å². The topological polar surface area (TPSA) is 67.9 Å². The van der Waals surface area contributed by atoms with E-state index >= 15 is 0 Å². The molecule has 0 aliphatic carbocycles. The van der Waals surface area contributed by atoms with Crippen molar-refractivity contribution >= 4 is 22.7 Å². The van der Waals surface area contributed by atoms with Gasteiger partial charge in [-0.15, -0.1) is 0 Å². The molecule has 0 aliphatic heterocycles. The van der Waals surface area contributed by atoms with E-state index < -0.39 is 0 Å². The number of azo groups is 2. The van der Waals surface area contributed by atoms with Crippen LogP contribution in [0, 0.1) is 0 Å². The van der Waals surface area contributed by atoms with Crippen LogP contribution in [0.5, 0.6) is 11.5 Å². The van der Waals surface area contributed by atoms with Crippen LogP contribution in [-0.2, 0) is 12.8 Å². The number of nitrogens with zero attached hydrogens (tertiary/aromatic N) is 4. The standard InChI is InChI=1S/C37H44N4O2/c1-3-5-7-10-30-12-16-32(17-13-30)38-40-34-20-24-36(25-21-34)42-28-9-29-43-37-26-22-35(23-27-37)41-39-33-18-14-31(15-19-33)11-8-6-4-2/h12-27H,3-11,28-29H2,1-2H3. The molecule has 4 aromatic rings. The molecule has 0 fully saturated rings. The molecular weight excluding hydrogens is 532 g/mol. The SMILES string of the molecule is CCCCCc1ccc(N=Nc2ccc(OCCCOc3ccc(N=Nc4ccc(CCCCC)cc4)cc3)cc2)cc1. The van der Waals surface area contributed by atoms with Crippen molar-refractivity contribution in [2.45, 2.75) is 71.6 Å². The van der Waals surface area contributed by atoms with Crippen LogP contribution in [0.4, 0.5) is 22.7 Å². The van der Waals surface area contributed by atoms with Gasteiger partial charge in [0.2, 0.25) is 0 Å². The lowest BCUT2D eigenvalue weighted by Gasteiger charge is -2.08. The first-order valence-electron chi connectivity index (χ1n) is 15.7. The van der Waals surface area contributed by atoms with Crippen LogP contribution >= 0.6 is 0 Å². The molecule has 0 bridgehead atoms. The first-order valence-corrected chi connectivity index (χ1v) is 15.7. The average Bonchev–Trinajstić information content (AvgIpc) is 3.05. The monoisotopic (exact) mass is 576 g/mol. The van der Waals surface area contributed by atoms with E-state index in [9.17, 15) is 0 Å². The van der Waals surface area contributed by atoms with Gasteiger partial charge in [0, 0.05) is 6.42 Å². The van der Waals surface area contributed by atoms with Gasteiger partial charge >= 0.3 is 0 Å². The lowest BCUT2D eigenvalue weighted by atomic mass is 10.1. The van der Waals surface area contributed by atoms with Crippen molar-refractivity contribution in [2.24, 2.45) is 20.5 Å². The molecule has 6 nitrogen and oxygen atoms in total. The second-order valence-corrected chi connectivity index (χ2v) is 10.7. The fraction of sp³-hybridized carbons (Fsp3) is 0.351. The molecule has 4 aromatic carbocycles. The van der Waals surface area contributed by atoms with Crippen molar-refractivity contribution < 1.29 is 9.47 Å². The van der Waals surface area contributed by atoms with Gasteiger partial charge in [0.15, 0.2) is 0 Å². The minimum absolute atomic E-state index is 0.565. The van der Waals surface area contributed by atoms with Crippen LogP contribution < -0.4 is 9.47 Å². The van der Waals surface area contributed by atoms with Crippen molar-refractivity contribution in [1.29, 1.82) is 0 Å². The first-order chi connectivity index (χ1) is 21.2. The fourth-order valence-electron chi connectivity index (χ4n) is 4.50. The van der Waals surface area contributed by atoms with E-state index in [1.54, 1.807) is 0 Å². The summed E-state index contributed by atoms with van der Waals surface area (Å²) in [7, 11) is 0. The highest BCUT2D eigenvalue weighted by molar-refractivity contribution is 5.44. The van der Waals surface area contributed by atoms with Gasteiger partial charge in [-0.05, 0) is 110 Å². The van der Waals surface area contributed by atoms with Crippen molar-refractivity contribution in [3.05, 3.63) is 108 Å². The van der Waals surface area contributed by atoms with Crippen LogP contribution in [-0.4, -0.2) is 13.2 Å². The summed E-state index contributed by atoms with van der Waals surface area (Å²) in [5.74, 6) is 1.60. The molecular formula is C37H44N4O2. The van der Waals surface area contributed by atoms with Gasteiger partial charge in [-0.3, -0.25) is 0 Å². The van der Waals surface area contributed by atoms with Crippen LogP contribution in [0.15, 0.2) is 118 Å². The Morgan fingerprint density at radius 2 is 0.721 bits per heavy atom. The van der Waals surface area contributed by atoms with Gasteiger partial charge in [-0.2, -0.15) is 20.5 Å². The number of hydrogen-bond donors (Lipinski definition) is 0. The van der Waals surface area contributed by atoms with E-state index in [2.05, 4.69) is 58.6 Å². The number of aryl methyl sites for hydroxylation is 2. The van der Waals surface area contributed by atoms with E-state index in [0.29, 0.717) is 13.2 Å². The molecule has 0 radical (unpaired) electrons. The Kier molecular flexibility index (Phi) is 13.4. The molecule has 0 saturated heterocycles. The van der Waals surface area contributed by atoms with Gasteiger partial charge in [0.1, 0.15) is 11.5 Å². The summed E-state index contributed by atoms with van der Waals surface area (Å²) in [4.78, 5) is 0. The summed E-state index contributed by atoms with van der Waals surface area (Å²) < 4.78 is 11.7. The second kappa shape index (κ2) is 18.3. The molecule has 0 heterocycles. The molecule has 0 spiro atoms. The molecule has 224 valence electrons. The summed E-state index contributed by atoms with van der Waals surface area (Å²) in [5.41, 5.74) is 6.01. The minimum Gasteiger partial charge on any atom is -0.493 e. The van der Waals surface area contributed by atoms with Crippen LogP contribution in [0.3, 0.4) is 0 Å². The van der Waals surface area contributed by atoms with E-state index in [-0.39, 0.29) is 0 Å². The van der Waals surface area contributed by atoms with Gasteiger partial charge in [0.05, 0.1) is 36.0 Å². The molecule has 6 heteroatoms. The number of hydrogen-bond acceptors (Lipinski definition) is 6. The second-order valence-electron chi connectivity index (χ2n) is 10.7. The Morgan fingerprint density at radius 1 is 0.395 bits per heavy atom. The van der Waals surface area contributed by atoms with E-state index in [4.69, 9.17) is 9.47 Å². The molecule has 4 rings (SSSR count). The number of ether oxygens (including phenoxy) is 2. The third kappa shape index (κ3) is 11.8. The first kappa shape index (κ1) is 31.6. The summed E-state index contributed by atoms with van der Waals surface area (Å²) in [6, 6.07) is 32.0. The average molecular weight is 577 g/mol. The van der Waals surface area contributed by atoms with Gasteiger partial charge in [-0.25, -0.2) is 0 Å². The predicted octanol–water partition coefficient (Wildman–Crippen LogP) is 11.8. The molecule has 0 N–H and O–H groups in total. The summed E-state index contributed by atoms with van der Waals surface area (Å²) in [5, 5.41) is 17.4. The smallest absolute Gasteiger partial charge is 0.119 e. The highest BCUT2D eigenvalue weighted by Crippen LogP contribution is 2.24. The normalized spacial score (nSPS) is 11.4. The zero-order valence-corrected chi connectivity index (χ0v) is 25.6. The maximum Gasteiger partial charge on any atom is 0.119 e. The lowest BCUT2D eigenvalue weighted by Crippen LogP contribution is -2.04. The summed E-state index contributed by atoms with van der Waals surface area (Å²) in [6.45, 7) is 5.58. The molecule has 0 atom stereocenters. The third-order valence-corrected chi connectivity index (χ3v) is 7.07. The number of rotatable bonds is 18. The largest absolute Gasteiger partial charge is 0.493 e. The quantitative estimate of drug-likeness (QED) is 0.0873. The summed E-state index contributed by atoms with van der Waals surface area (Å²) >= 11 is 0. The van der Waals surface area contributed by atoms with Gasteiger partial charge < -0.3 is 9.47 Å². The van der Waals surface area contributed by atoms with Crippen LogP contribution in [0.25, 0.3) is 0 Å². The molecule has 43 heavy (non-hydrogen) atoms. The minimum atomic E-state index is 0.565. The number of benzene rings is 4. The fourth-order valence-corrected chi connectivity index (χ4v) is 4.50. The number of unbranched alkanes of at least 4 members (excludes halogenated alkanes) is 4. The molecule has 0 aromatic heterocycles. The molecule has 0 unspecified atom stereocenters. The van der Waals surface area contributed by atoms with Crippen molar-refractivity contribution in [3.8, 4) is 11.5 Å². The van der Waals surface area contributed by atoms with E-state index in [1.807, 2.05) is 72.8 Å². The zero-order valence-electron chi connectivity index (χ0n) is 25.6. The van der Waals surface area contributed by atoms with Crippen LogP contribution in [0.1, 0.15) is 69.9 Å². The third-order valence-electron chi connectivity index (χ3n) is 7.07. The summed E-state index contributed by atoms with van der Waals surface area (Å²) in [6.07, 6.45) is 10.5. The highest BCUT2D eigenvalue weighted by Gasteiger charge is 2.00. The molecule has 0 aliphatic rings. The zero-order chi connectivity index (χ0) is 30.0.